The average Bonchev–Trinajstić information content (AvgIpc) is 3.09. The van der Waals surface area contributed by atoms with E-state index in [1.165, 1.54) is 6.42 Å². The molecule has 0 saturated carbocycles. The lowest BCUT2D eigenvalue weighted by Gasteiger charge is -2.29. The van der Waals surface area contributed by atoms with Crippen molar-refractivity contribution in [2.45, 2.75) is 37.1 Å². The molecule has 0 aliphatic carbocycles. The van der Waals surface area contributed by atoms with Gasteiger partial charge in [-0.25, -0.2) is 9.37 Å². The molecule has 142 valence electrons. The van der Waals surface area contributed by atoms with E-state index in [0.717, 1.165) is 59.1 Å². The van der Waals surface area contributed by atoms with E-state index in [1.54, 1.807) is 31.1 Å². The molecule has 3 aromatic rings. The standard InChI is InChI=1S/C20H23FN4OS/c1-13-17(22-7-6-19(13)26-2)12-27-20-23-15-10-14(21)18(11-16(15)24-20)25-8-4-3-5-9-25/h6-7,10-11H,3-5,8-9,12H2,1-2H3,(H,23,24). The van der Waals surface area contributed by atoms with E-state index in [-0.39, 0.29) is 5.82 Å². The molecule has 0 spiro atoms. The number of pyridine rings is 1. The summed E-state index contributed by atoms with van der Waals surface area (Å²) in [5.41, 5.74) is 4.18. The highest BCUT2D eigenvalue weighted by Crippen LogP contribution is 2.30. The fraction of sp³-hybridized carbons (Fsp3) is 0.400. The Morgan fingerprint density at radius 1 is 1.26 bits per heavy atom. The number of nitrogens with zero attached hydrogens (tertiary/aromatic N) is 3. The quantitative estimate of drug-likeness (QED) is 0.645. The topological polar surface area (TPSA) is 54.0 Å². The Hall–Kier alpha value is -2.28. The van der Waals surface area contributed by atoms with Gasteiger partial charge in [-0.15, -0.1) is 0 Å². The predicted molar refractivity (Wildman–Crippen MR) is 107 cm³/mol. The van der Waals surface area contributed by atoms with Crippen LogP contribution in [0.3, 0.4) is 0 Å². The smallest absolute Gasteiger partial charge is 0.166 e. The second-order valence-corrected chi connectivity index (χ2v) is 7.75. The van der Waals surface area contributed by atoms with Crippen molar-refractivity contribution >= 4 is 28.5 Å². The number of thioether (sulfide) groups is 1. The summed E-state index contributed by atoms with van der Waals surface area (Å²) in [7, 11) is 1.66. The van der Waals surface area contributed by atoms with E-state index in [2.05, 4.69) is 19.9 Å². The summed E-state index contributed by atoms with van der Waals surface area (Å²) in [6.45, 7) is 3.82. The highest BCUT2D eigenvalue weighted by atomic mass is 32.2. The maximum Gasteiger partial charge on any atom is 0.166 e. The number of rotatable bonds is 5. The minimum atomic E-state index is -0.185. The van der Waals surface area contributed by atoms with Crippen LogP contribution >= 0.6 is 11.8 Å². The number of hydrogen-bond donors (Lipinski definition) is 1. The molecule has 4 rings (SSSR count). The zero-order valence-corrected chi connectivity index (χ0v) is 16.4. The Morgan fingerprint density at radius 3 is 2.85 bits per heavy atom. The van der Waals surface area contributed by atoms with Crippen LogP contribution in [0.15, 0.2) is 29.6 Å². The van der Waals surface area contributed by atoms with Crippen LogP contribution in [0, 0.1) is 12.7 Å². The molecule has 0 radical (unpaired) electrons. The molecule has 1 fully saturated rings. The van der Waals surface area contributed by atoms with Crippen molar-refractivity contribution in [3.8, 4) is 5.75 Å². The normalized spacial score (nSPS) is 14.7. The third-order valence-electron chi connectivity index (χ3n) is 5.05. The Labute approximate surface area is 162 Å². The Bertz CT molecular complexity index is 953. The van der Waals surface area contributed by atoms with Gasteiger partial charge in [-0.3, -0.25) is 4.98 Å². The average molecular weight is 386 g/mol. The Morgan fingerprint density at radius 2 is 2.07 bits per heavy atom. The lowest BCUT2D eigenvalue weighted by Crippen LogP contribution is -2.30. The van der Waals surface area contributed by atoms with Crippen molar-refractivity contribution in [1.29, 1.82) is 0 Å². The van der Waals surface area contributed by atoms with E-state index in [4.69, 9.17) is 4.74 Å². The summed E-state index contributed by atoms with van der Waals surface area (Å²) in [4.78, 5) is 14.4. The largest absolute Gasteiger partial charge is 0.496 e. The first-order valence-corrected chi connectivity index (χ1v) is 10.2. The maximum absolute atomic E-state index is 14.6. The van der Waals surface area contributed by atoms with Crippen LogP contribution in [0.25, 0.3) is 11.0 Å². The number of imidazole rings is 1. The number of aromatic nitrogens is 3. The molecule has 1 saturated heterocycles. The monoisotopic (exact) mass is 386 g/mol. The van der Waals surface area contributed by atoms with Crippen molar-refractivity contribution in [3.05, 3.63) is 41.5 Å². The number of methoxy groups -OCH3 is 1. The zero-order chi connectivity index (χ0) is 18.8. The molecule has 3 heterocycles. The SMILES string of the molecule is COc1ccnc(CSc2nc3cc(N4CCCCC4)c(F)cc3[nH]2)c1C. The second-order valence-electron chi connectivity index (χ2n) is 6.78. The maximum atomic E-state index is 14.6. The summed E-state index contributed by atoms with van der Waals surface area (Å²) in [6.07, 6.45) is 5.21. The van der Waals surface area contributed by atoms with Gasteiger partial charge in [0, 0.05) is 36.7 Å². The van der Waals surface area contributed by atoms with E-state index in [9.17, 15) is 4.39 Å². The lowest BCUT2D eigenvalue weighted by molar-refractivity contribution is 0.410. The summed E-state index contributed by atoms with van der Waals surface area (Å²) in [5, 5.41) is 0.768. The van der Waals surface area contributed by atoms with Gasteiger partial charge in [0.1, 0.15) is 11.6 Å². The van der Waals surface area contributed by atoms with Crippen molar-refractivity contribution in [3.63, 3.8) is 0 Å². The van der Waals surface area contributed by atoms with Crippen LogP contribution in [0.2, 0.25) is 0 Å². The number of piperidine rings is 1. The number of ether oxygens (including phenoxy) is 1. The molecule has 0 atom stereocenters. The van der Waals surface area contributed by atoms with Gasteiger partial charge in [0.05, 0.1) is 29.5 Å². The van der Waals surface area contributed by atoms with Gasteiger partial charge in [-0.1, -0.05) is 11.8 Å². The molecule has 1 N–H and O–H groups in total. The minimum absolute atomic E-state index is 0.185. The van der Waals surface area contributed by atoms with E-state index in [1.807, 2.05) is 19.1 Å². The van der Waals surface area contributed by atoms with Crippen LogP contribution in [-0.2, 0) is 5.75 Å². The van der Waals surface area contributed by atoms with Crippen LogP contribution in [-0.4, -0.2) is 35.2 Å². The highest BCUT2D eigenvalue weighted by Gasteiger charge is 2.17. The predicted octanol–water partition coefficient (Wildman–Crippen LogP) is 4.70. The van der Waals surface area contributed by atoms with Crippen LogP contribution in [0.1, 0.15) is 30.5 Å². The molecule has 1 aromatic carbocycles. The Kier molecular flexibility index (Phi) is 5.20. The summed E-state index contributed by atoms with van der Waals surface area (Å²) >= 11 is 1.56. The number of halogens is 1. The van der Waals surface area contributed by atoms with E-state index >= 15 is 0 Å². The van der Waals surface area contributed by atoms with Crippen molar-refractivity contribution in [2.75, 3.05) is 25.1 Å². The molecule has 1 aliphatic heterocycles. The van der Waals surface area contributed by atoms with Crippen molar-refractivity contribution in [2.24, 2.45) is 0 Å². The number of anilines is 1. The number of H-pyrrole nitrogens is 1. The lowest BCUT2D eigenvalue weighted by atomic mass is 10.1. The molecule has 1 aliphatic rings. The minimum Gasteiger partial charge on any atom is -0.496 e. The third kappa shape index (κ3) is 3.74. The van der Waals surface area contributed by atoms with Crippen LogP contribution in [0.5, 0.6) is 5.75 Å². The molecule has 2 aromatic heterocycles. The number of fused-ring (bicyclic) bond motifs is 1. The summed E-state index contributed by atoms with van der Waals surface area (Å²) < 4.78 is 19.9. The van der Waals surface area contributed by atoms with Gasteiger partial charge in [-0.2, -0.15) is 0 Å². The van der Waals surface area contributed by atoms with Crippen molar-refractivity contribution in [1.82, 2.24) is 15.0 Å². The molecule has 27 heavy (non-hydrogen) atoms. The number of benzene rings is 1. The van der Waals surface area contributed by atoms with Gasteiger partial charge in [0.2, 0.25) is 0 Å². The summed E-state index contributed by atoms with van der Waals surface area (Å²) in [5.74, 6) is 1.32. The molecule has 5 nitrogen and oxygen atoms in total. The molecule has 0 bridgehead atoms. The number of nitrogens with one attached hydrogen (secondary N) is 1. The fourth-order valence-corrected chi connectivity index (χ4v) is 4.41. The number of hydrogen-bond acceptors (Lipinski definition) is 5. The fourth-order valence-electron chi connectivity index (χ4n) is 3.50. The van der Waals surface area contributed by atoms with Crippen LogP contribution < -0.4 is 9.64 Å². The first-order chi connectivity index (χ1) is 13.2. The molecular weight excluding hydrogens is 363 g/mol. The third-order valence-corrected chi connectivity index (χ3v) is 5.93. The van der Waals surface area contributed by atoms with Gasteiger partial charge in [-0.05, 0) is 38.3 Å². The van der Waals surface area contributed by atoms with E-state index in [0.29, 0.717) is 11.4 Å². The molecule has 0 unspecified atom stereocenters. The number of aromatic amines is 1. The van der Waals surface area contributed by atoms with E-state index < -0.39 is 0 Å². The summed E-state index contributed by atoms with van der Waals surface area (Å²) in [6, 6.07) is 5.28. The van der Waals surface area contributed by atoms with Crippen LogP contribution in [0.4, 0.5) is 10.1 Å². The first-order valence-electron chi connectivity index (χ1n) is 9.21. The molecular formula is C20H23FN4OS. The molecule has 7 heteroatoms. The highest BCUT2D eigenvalue weighted by molar-refractivity contribution is 7.98. The van der Waals surface area contributed by atoms with Gasteiger partial charge in [0.15, 0.2) is 5.16 Å². The first kappa shape index (κ1) is 18.1. The zero-order valence-electron chi connectivity index (χ0n) is 15.6. The molecule has 0 amide bonds. The second kappa shape index (κ2) is 7.76. The van der Waals surface area contributed by atoms with Crippen molar-refractivity contribution < 1.29 is 9.13 Å². The van der Waals surface area contributed by atoms with Gasteiger partial charge < -0.3 is 14.6 Å². The van der Waals surface area contributed by atoms with Gasteiger partial charge in [0.25, 0.3) is 0 Å². The van der Waals surface area contributed by atoms with Gasteiger partial charge >= 0.3 is 0 Å². The Balaban J connectivity index is 1.55.